The van der Waals surface area contributed by atoms with Crippen molar-refractivity contribution in [2.75, 3.05) is 20.8 Å². The van der Waals surface area contributed by atoms with Crippen LogP contribution >= 0.6 is 45.2 Å². The second kappa shape index (κ2) is 10.0. The highest BCUT2D eigenvalue weighted by Gasteiger charge is 2.07. The van der Waals surface area contributed by atoms with E-state index in [4.69, 9.17) is 14.2 Å². The Morgan fingerprint density at radius 2 is 1.72 bits per heavy atom. The molecule has 0 aromatic heterocycles. The first kappa shape index (κ1) is 20.1. The van der Waals surface area contributed by atoms with Crippen LogP contribution in [0.1, 0.15) is 18.1 Å². The van der Waals surface area contributed by atoms with Crippen LogP contribution in [0, 0.1) is 7.14 Å². The maximum atomic E-state index is 5.65. The molecule has 0 amide bonds. The Kier molecular flexibility index (Phi) is 8.07. The third-order valence-corrected chi connectivity index (χ3v) is 4.95. The van der Waals surface area contributed by atoms with Crippen molar-refractivity contribution in [2.45, 2.75) is 13.5 Å². The normalized spacial score (nSPS) is 10.8. The third kappa shape index (κ3) is 5.63. The molecule has 25 heavy (non-hydrogen) atoms. The van der Waals surface area contributed by atoms with Crippen LogP contribution < -0.4 is 19.6 Å². The Bertz CT molecular complexity index is 728. The lowest BCUT2D eigenvalue weighted by atomic mass is 10.2. The summed E-state index contributed by atoms with van der Waals surface area (Å²) in [5, 5.41) is 4.30. The molecule has 2 aromatic rings. The lowest BCUT2D eigenvalue weighted by Gasteiger charge is -2.10. The van der Waals surface area contributed by atoms with Crippen LogP contribution in [0.5, 0.6) is 17.2 Å². The van der Waals surface area contributed by atoms with Gasteiger partial charge >= 0.3 is 0 Å². The molecule has 0 aliphatic heterocycles. The number of methoxy groups -OCH3 is 2. The van der Waals surface area contributed by atoms with Crippen molar-refractivity contribution < 1.29 is 14.2 Å². The van der Waals surface area contributed by atoms with Crippen LogP contribution in [0.25, 0.3) is 0 Å². The van der Waals surface area contributed by atoms with Crippen LogP contribution in [-0.4, -0.2) is 27.0 Å². The van der Waals surface area contributed by atoms with Crippen molar-refractivity contribution in [3.8, 4) is 17.2 Å². The SMILES string of the molecule is CCOc1c(I)cc(/C=N\NCc2ccc(OC)c(OC)c2)cc1I. The van der Waals surface area contributed by atoms with Gasteiger partial charge < -0.3 is 19.6 Å². The molecule has 0 aliphatic rings. The van der Waals surface area contributed by atoms with Gasteiger partial charge in [-0.25, -0.2) is 0 Å². The van der Waals surface area contributed by atoms with Gasteiger partial charge in [0.25, 0.3) is 0 Å². The summed E-state index contributed by atoms with van der Waals surface area (Å²) >= 11 is 4.56. The monoisotopic (exact) mass is 566 g/mol. The van der Waals surface area contributed by atoms with Crippen LogP contribution in [0.4, 0.5) is 0 Å². The summed E-state index contributed by atoms with van der Waals surface area (Å²) < 4.78 is 18.3. The third-order valence-electron chi connectivity index (χ3n) is 3.35. The number of nitrogens with zero attached hydrogens (tertiary/aromatic N) is 1. The van der Waals surface area contributed by atoms with Gasteiger partial charge in [-0.15, -0.1) is 0 Å². The maximum Gasteiger partial charge on any atom is 0.161 e. The molecule has 7 heteroatoms. The molecule has 0 fully saturated rings. The Balaban J connectivity index is 2.00. The summed E-state index contributed by atoms with van der Waals surface area (Å²) in [6.07, 6.45) is 1.81. The van der Waals surface area contributed by atoms with E-state index in [0.717, 1.165) is 24.0 Å². The summed E-state index contributed by atoms with van der Waals surface area (Å²) in [6, 6.07) is 9.90. The number of nitrogens with one attached hydrogen (secondary N) is 1. The zero-order valence-electron chi connectivity index (χ0n) is 14.3. The number of halogens is 2. The van der Waals surface area contributed by atoms with E-state index in [1.807, 2.05) is 25.1 Å². The smallest absolute Gasteiger partial charge is 0.161 e. The summed E-state index contributed by atoms with van der Waals surface area (Å²) in [5.41, 5.74) is 5.14. The first-order valence-corrected chi connectivity index (χ1v) is 9.83. The molecule has 134 valence electrons. The molecule has 0 spiro atoms. The molecule has 0 radical (unpaired) electrons. The average Bonchev–Trinajstić information content (AvgIpc) is 2.61. The van der Waals surface area contributed by atoms with Crippen LogP contribution in [0.15, 0.2) is 35.4 Å². The van der Waals surface area contributed by atoms with Gasteiger partial charge in [-0.3, -0.25) is 0 Å². The second-order valence-electron chi connectivity index (χ2n) is 5.03. The second-order valence-corrected chi connectivity index (χ2v) is 7.35. The number of hydrogen-bond acceptors (Lipinski definition) is 5. The number of benzene rings is 2. The lowest BCUT2D eigenvalue weighted by Crippen LogP contribution is -2.06. The van der Waals surface area contributed by atoms with Gasteiger partial charge in [0.1, 0.15) is 5.75 Å². The van der Waals surface area contributed by atoms with Crippen molar-refractivity contribution >= 4 is 51.4 Å². The van der Waals surface area contributed by atoms with Gasteiger partial charge in [0, 0.05) is 0 Å². The van der Waals surface area contributed by atoms with Crippen molar-refractivity contribution in [2.24, 2.45) is 5.10 Å². The molecule has 0 heterocycles. The summed E-state index contributed by atoms with van der Waals surface area (Å²) in [4.78, 5) is 0. The molecule has 0 unspecified atom stereocenters. The van der Waals surface area contributed by atoms with E-state index in [1.165, 1.54) is 0 Å². The molecule has 0 bridgehead atoms. The van der Waals surface area contributed by atoms with Crippen molar-refractivity contribution in [3.63, 3.8) is 0 Å². The van der Waals surface area contributed by atoms with Gasteiger partial charge in [0.2, 0.25) is 0 Å². The van der Waals surface area contributed by atoms with Gasteiger partial charge in [-0.1, -0.05) is 6.07 Å². The van der Waals surface area contributed by atoms with E-state index in [1.54, 1.807) is 20.4 Å². The maximum absolute atomic E-state index is 5.65. The number of rotatable bonds is 8. The fourth-order valence-electron chi connectivity index (χ4n) is 2.18. The predicted molar refractivity (Wildman–Crippen MR) is 117 cm³/mol. The Labute approximate surface area is 175 Å². The van der Waals surface area contributed by atoms with E-state index in [-0.39, 0.29) is 0 Å². The quantitative estimate of drug-likeness (QED) is 0.292. The fraction of sp³-hybridized carbons (Fsp3) is 0.278. The van der Waals surface area contributed by atoms with Crippen molar-refractivity contribution in [1.29, 1.82) is 0 Å². The van der Waals surface area contributed by atoms with Gasteiger partial charge in [0.05, 0.1) is 40.7 Å². The molecule has 0 saturated carbocycles. The molecular formula is C18H20I2N2O3. The first-order chi connectivity index (χ1) is 12.1. The van der Waals surface area contributed by atoms with Crippen molar-refractivity contribution in [1.82, 2.24) is 5.43 Å². The van der Waals surface area contributed by atoms with Gasteiger partial charge in [0.15, 0.2) is 11.5 Å². The number of hydrogen-bond donors (Lipinski definition) is 1. The largest absolute Gasteiger partial charge is 0.493 e. The zero-order valence-corrected chi connectivity index (χ0v) is 18.6. The minimum atomic E-state index is 0.599. The molecule has 1 N–H and O–H groups in total. The minimum absolute atomic E-state index is 0.599. The zero-order chi connectivity index (χ0) is 18.2. The molecule has 2 rings (SSSR count). The van der Waals surface area contributed by atoms with E-state index in [9.17, 15) is 0 Å². The highest BCUT2D eigenvalue weighted by molar-refractivity contribution is 14.1. The Morgan fingerprint density at radius 1 is 1.04 bits per heavy atom. The van der Waals surface area contributed by atoms with E-state index in [0.29, 0.717) is 24.7 Å². The fourth-order valence-corrected chi connectivity index (χ4v) is 4.31. The summed E-state index contributed by atoms with van der Waals surface area (Å²) in [6.45, 7) is 3.24. The number of ether oxygens (including phenoxy) is 3. The van der Waals surface area contributed by atoms with Gasteiger partial charge in [-0.05, 0) is 87.5 Å². The van der Waals surface area contributed by atoms with Crippen LogP contribution in [0.3, 0.4) is 0 Å². The van der Waals surface area contributed by atoms with Crippen LogP contribution in [-0.2, 0) is 6.54 Å². The molecule has 0 aliphatic carbocycles. The van der Waals surface area contributed by atoms with Crippen LogP contribution in [0.2, 0.25) is 0 Å². The van der Waals surface area contributed by atoms with E-state index in [2.05, 4.69) is 67.8 Å². The Hall–Kier alpha value is -1.23. The summed E-state index contributed by atoms with van der Waals surface area (Å²) in [5.74, 6) is 2.36. The minimum Gasteiger partial charge on any atom is -0.493 e. The van der Waals surface area contributed by atoms with E-state index >= 15 is 0 Å². The summed E-state index contributed by atoms with van der Waals surface area (Å²) in [7, 11) is 3.25. The topological polar surface area (TPSA) is 52.1 Å². The van der Waals surface area contributed by atoms with Gasteiger partial charge in [-0.2, -0.15) is 5.10 Å². The highest BCUT2D eigenvalue weighted by atomic mass is 127. The lowest BCUT2D eigenvalue weighted by molar-refractivity contribution is 0.335. The predicted octanol–water partition coefficient (Wildman–Crippen LogP) is 4.44. The molecule has 0 atom stereocenters. The first-order valence-electron chi connectivity index (χ1n) is 7.67. The average molecular weight is 566 g/mol. The van der Waals surface area contributed by atoms with E-state index < -0.39 is 0 Å². The molecule has 0 saturated heterocycles. The standard InChI is InChI=1S/C18H20I2N2O3/c1-4-25-18-14(19)7-13(8-15(18)20)11-22-21-10-12-5-6-16(23-2)17(9-12)24-3/h5-9,11,21H,4,10H2,1-3H3/b22-11-. The molecule has 2 aromatic carbocycles. The molecule has 5 nitrogen and oxygen atoms in total. The molecular weight excluding hydrogens is 546 g/mol. The highest BCUT2D eigenvalue weighted by Crippen LogP contribution is 2.29. The Morgan fingerprint density at radius 3 is 2.32 bits per heavy atom. The van der Waals surface area contributed by atoms with Crippen molar-refractivity contribution in [3.05, 3.63) is 48.6 Å². The number of hydrazone groups is 1.